The number of aryl methyl sites for hydroxylation is 1. The molecule has 1 saturated heterocycles. The van der Waals surface area contributed by atoms with Crippen molar-refractivity contribution in [1.29, 1.82) is 0 Å². The highest BCUT2D eigenvalue weighted by atomic mass is 16.3. The number of anilines is 1. The van der Waals surface area contributed by atoms with Crippen LogP contribution in [0, 0.1) is 24.2 Å². The number of hydrogen-bond acceptors (Lipinski definition) is 6. The summed E-state index contributed by atoms with van der Waals surface area (Å²) in [4.78, 5) is 38.6. The second-order valence-electron chi connectivity index (χ2n) is 11.1. The molecule has 1 aliphatic heterocycles. The first-order valence-electron chi connectivity index (χ1n) is 12.3. The third kappa shape index (κ3) is 4.22. The van der Waals surface area contributed by atoms with Crippen molar-refractivity contribution in [3.05, 3.63) is 40.7 Å². The van der Waals surface area contributed by atoms with E-state index in [9.17, 15) is 14.4 Å². The van der Waals surface area contributed by atoms with Gasteiger partial charge in [-0.1, -0.05) is 13.8 Å². The SMILES string of the molecule is Cc1nn(-c2ccc(C(N)=O)c(NC3C[C@@H]4CN(C(=O)CO)C[C@@H]4C3)c2)c2c1C(=O)CC(C)(C)C2. The predicted octanol–water partition coefficient (Wildman–Crippen LogP) is 2.08. The molecule has 9 heteroatoms. The molecule has 0 radical (unpaired) electrons. The molecule has 9 nitrogen and oxygen atoms in total. The summed E-state index contributed by atoms with van der Waals surface area (Å²) in [6.07, 6.45) is 3.00. The summed E-state index contributed by atoms with van der Waals surface area (Å²) in [5, 5.41) is 17.4. The van der Waals surface area contributed by atoms with Gasteiger partial charge in [0.05, 0.1) is 28.2 Å². The maximum absolute atomic E-state index is 12.8. The van der Waals surface area contributed by atoms with Crippen LogP contribution in [0.1, 0.15) is 65.2 Å². The molecule has 2 fully saturated rings. The van der Waals surface area contributed by atoms with Gasteiger partial charge >= 0.3 is 0 Å². The van der Waals surface area contributed by atoms with Crippen molar-refractivity contribution >= 4 is 23.3 Å². The van der Waals surface area contributed by atoms with Crippen molar-refractivity contribution in [2.75, 3.05) is 25.0 Å². The largest absolute Gasteiger partial charge is 0.387 e. The number of benzene rings is 1. The number of carbonyl (C=O) groups excluding carboxylic acids is 3. The van der Waals surface area contributed by atoms with Crippen LogP contribution in [0.2, 0.25) is 0 Å². The number of amides is 2. The van der Waals surface area contributed by atoms with Gasteiger partial charge in [0.1, 0.15) is 6.61 Å². The molecule has 5 rings (SSSR count). The minimum Gasteiger partial charge on any atom is -0.387 e. The summed E-state index contributed by atoms with van der Waals surface area (Å²) in [5.41, 5.74) is 9.74. The molecule has 1 saturated carbocycles. The molecule has 4 N–H and O–H groups in total. The lowest BCUT2D eigenvalue weighted by molar-refractivity contribution is -0.133. The molecular formula is C26H33N5O4. The molecular weight excluding hydrogens is 446 g/mol. The monoisotopic (exact) mass is 479 g/mol. The molecule has 2 aromatic rings. The molecule has 2 aliphatic carbocycles. The summed E-state index contributed by atoms with van der Waals surface area (Å²) >= 11 is 0. The van der Waals surface area contributed by atoms with Gasteiger partial charge in [0.25, 0.3) is 5.91 Å². The van der Waals surface area contributed by atoms with Gasteiger partial charge in [0, 0.05) is 31.2 Å². The highest BCUT2D eigenvalue weighted by Gasteiger charge is 2.42. The van der Waals surface area contributed by atoms with E-state index in [4.69, 9.17) is 15.9 Å². The predicted molar refractivity (Wildman–Crippen MR) is 131 cm³/mol. The van der Waals surface area contributed by atoms with E-state index in [0.29, 0.717) is 48.2 Å². The number of rotatable bonds is 5. The number of nitrogens with two attached hydrogens (primary N) is 1. The molecule has 1 unspecified atom stereocenters. The topological polar surface area (TPSA) is 131 Å². The number of hydrogen-bond donors (Lipinski definition) is 3. The molecule has 3 aliphatic rings. The fraction of sp³-hybridized carbons (Fsp3) is 0.538. The number of nitrogens with one attached hydrogen (secondary N) is 1. The third-order valence-electron chi connectivity index (χ3n) is 7.83. The summed E-state index contributed by atoms with van der Waals surface area (Å²) in [6.45, 7) is 6.92. The summed E-state index contributed by atoms with van der Waals surface area (Å²) in [5.74, 6) is 0.145. The van der Waals surface area contributed by atoms with Gasteiger partial charge in [-0.15, -0.1) is 0 Å². The molecule has 35 heavy (non-hydrogen) atoms. The number of nitrogens with zero attached hydrogens (tertiary/aromatic N) is 3. The first kappa shape index (κ1) is 23.5. The Morgan fingerprint density at radius 1 is 1.20 bits per heavy atom. The van der Waals surface area contributed by atoms with Gasteiger partial charge in [0.15, 0.2) is 5.78 Å². The molecule has 0 spiro atoms. The quantitative estimate of drug-likeness (QED) is 0.602. The number of aliphatic hydroxyl groups excluding tert-OH is 1. The maximum Gasteiger partial charge on any atom is 0.250 e. The van der Waals surface area contributed by atoms with Crippen LogP contribution < -0.4 is 11.1 Å². The number of likely N-dealkylation sites (tertiary alicyclic amines) is 1. The Morgan fingerprint density at radius 2 is 1.89 bits per heavy atom. The van der Waals surface area contributed by atoms with Crippen molar-refractivity contribution in [3.8, 4) is 5.69 Å². The van der Waals surface area contributed by atoms with Crippen molar-refractivity contribution in [2.24, 2.45) is 23.0 Å². The molecule has 1 aromatic carbocycles. The van der Waals surface area contributed by atoms with Crippen LogP contribution in [0.5, 0.6) is 0 Å². The highest BCUT2D eigenvalue weighted by molar-refractivity contribution is 6.00. The van der Waals surface area contributed by atoms with Crippen LogP contribution >= 0.6 is 0 Å². The smallest absolute Gasteiger partial charge is 0.250 e. The van der Waals surface area contributed by atoms with E-state index in [1.54, 1.807) is 11.0 Å². The first-order chi connectivity index (χ1) is 16.6. The first-order valence-corrected chi connectivity index (χ1v) is 12.3. The number of ketones is 1. The zero-order chi connectivity index (χ0) is 25.1. The second kappa shape index (κ2) is 8.48. The van der Waals surface area contributed by atoms with Crippen LogP contribution in [0.4, 0.5) is 5.69 Å². The normalized spacial score (nSPS) is 24.9. The van der Waals surface area contributed by atoms with Gasteiger partial charge in [-0.2, -0.15) is 5.10 Å². The Balaban J connectivity index is 1.42. The van der Waals surface area contributed by atoms with Gasteiger partial charge in [-0.3, -0.25) is 14.4 Å². The summed E-state index contributed by atoms with van der Waals surface area (Å²) in [6, 6.07) is 5.59. The van der Waals surface area contributed by atoms with E-state index in [1.165, 1.54) is 0 Å². The van der Waals surface area contributed by atoms with Gasteiger partial charge in [0.2, 0.25) is 5.91 Å². The molecule has 3 atom stereocenters. The molecule has 2 heterocycles. The Labute approximate surface area is 204 Å². The lowest BCUT2D eigenvalue weighted by Gasteiger charge is -2.29. The Morgan fingerprint density at radius 3 is 2.51 bits per heavy atom. The number of primary amides is 1. The van der Waals surface area contributed by atoms with E-state index in [1.807, 2.05) is 23.7 Å². The zero-order valence-corrected chi connectivity index (χ0v) is 20.5. The number of aliphatic hydroxyl groups is 1. The lowest BCUT2D eigenvalue weighted by atomic mass is 9.75. The van der Waals surface area contributed by atoms with Crippen LogP contribution in [0.25, 0.3) is 5.69 Å². The van der Waals surface area contributed by atoms with Crippen LogP contribution in [-0.2, 0) is 11.2 Å². The fourth-order valence-corrected chi connectivity index (χ4v) is 6.29. The van der Waals surface area contributed by atoms with Crippen LogP contribution in [0.15, 0.2) is 18.2 Å². The second-order valence-corrected chi connectivity index (χ2v) is 11.1. The van der Waals surface area contributed by atoms with Crippen molar-refractivity contribution in [1.82, 2.24) is 14.7 Å². The van der Waals surface area contributed by atoms with Gasteiger partial charge in [-0.25, -0.2) is 4.68 Å². The molecule has 0 bridgehead atoms. The summed E-state index contributed by atoms with van der Waals surface area (Å²) < 4.78 is 1.83. The van der Waals surface area contributed by atoms with E-state index in [0.717, 1.165) is 36.3 Å². The Bertz CT molecular complexity index is 1200. The Hall–Kier alpha value is -3.20. The fourth-order valence-electron chi connectivity index (χ4n) is 6.29. The van der Waals surface area contributed by atoms with Gasteiger partial charge < -0.3 is 21.1 Å². The molecule has 186 valence electrons. The van der Waals surface area contributed by atoms with E-state index >= 15 is 0 Å². The van der Waals surface area contributed by atoms with Crippen molar-refractivity contribution < 1.29 is 19.5 Å². The van der Waals surface area contributed by atoms with Crippen LogP contribution in [0.3, 0.4) is 0 Å². The minimum atomic E-state index is -0.507. The van der Waals surface area contributed by atoms with Crippen LogP contribution in [-0.4, -0.2) is 63.1 Å². The van der Waals surface area contributed by atoms with Gasteiger partial charge in [-0.05, 0) is 61.6 Å². The summed E-state index contributed by atoms with van der Waals surface area (Å²) in [7, 11) is 0. The molecule has 2 amide bonds. The standard InChI is InChI=1S/C26H33N5O4/c1-14-24-21(9-26(2,3)10-22(24)33)31(29-14)18-4-5-19(25(27)35)20(8-18)28-17-6-15-11-30(23(34)13-32)12-16(15)7-17/h4-5,8,15-17,28,32H,6-7,9-13H2,1-3H3,(H2,27,35)/t15-,16+,17?. The average Bonchev–Trinajstić information content (AvgIpc) is 3.43. The highest BCUT2D eigenvalue weighted by Crippen LogP contribution is 2.40. The minimum absolute atomic E-state index is 0.123. The molecule has 1 aromatic heterocycles. The van der Waals surface area contributed by atoms with E-state index in [-0.39, 0.29) is 23.1 Å². The zero-order valence-electron chi connectivity index (χ0n) is 20.5. The van der Waals surface area contributed by atoms with E-state index < -0.39 is 12.5 Å². The van der Waals surface area contributed by atoms with Crippen molar-refractivity contribution in [2.45, 2.75) is 52.5 Å². The number of fused-ring (bicyclic) bond motifs is 2. The van der Waals surface area contributed by atoms with E-state index in [2.05, 4.69) is 19.2 Å². The van der Waals surface area contributed by atoms with Crippen molar-refractivity contribution in [3.63, 3.8) is 0 Å². The maximum atomic E-state index is 12.8. The third-order valence-corrected chi connectivity index (χ3v) is 7.83. The lowest BCUT2D eigenvalue weighted by Crippen LogP contribution is -2.33. The number of Topliss-reactive ketones (excluding diaryl/α,β-unsaturated/α-hetero) is 1. The average molecular weight is 480 g/mol. The Kier molecular flexibility index (Phi) is 5.70. The number of aromatic nitrogens is 2. The number of carbonyl (C=O) groups is 3.